The Kier molecular flexibility index (Phi) is 4.54. The molecule has 6 heteroatoms. The van der Waals surface area contributed by atoms with E-state index in [9.17, 15) is 14.4 Å². The molecular weight excluding hydrogens is 283 g/mol. The third-order valence-corrected chi connectivity index (χ3v) is 2.77. The van der Waals surface area contributed by atoms with Gasteiger partial charge in [-0.1, -0.05) is 15.9 Å². The minimum atomic E-state index is -0.932. The zero-order chi connectivity index (χ0) is 12.1. The highest BCUT2D eigenvalue weighted by molar-refractivity contribution is 9.10. The van der Waals surface area contributed by atoms with Gasteiger partial charge >= 0.3 is 5.97 Å². The minimum absolute atomic E-state index is 0.00815. The fraction of sp³-hybridized carbons (Fsp3) is 0.300. The predicted molar refractivity (Wildman–Crippen MR) is 57.9 cm³/mol. The van der Waals surface area contributed by atoms with Crippen molar-refractivity contribution in [3.8, 4) is 11.5 Å². The summed E-state index contributed by atoms with van der Waals surface area (Å²) < 4.78 is 17.0. The van der Waals surface area contributed by atoms with Gasteiger partial charge in [-0.2, -0.15) is 0 Å². The lowest BCUT2D eigenvalue weighted by molar-refractivity contribution is -0.183. The van der Waals surface area contributed by atoms with E-state index in [0.717, 1.165) is 5.56 Å². The van der Waals surface area contributed by atoms with Crippen LogP contribution in [0, 0.1) is 0 Å². The Balaban J connectivity index is 2.83. The summed E-state index contributed by atoms with van der Waals surface area (Å²) in [6, 6.07) is 3.03. The van der Waals surface area contributed by atoms with Gasteiger partial charge in [0.15, 0.2) is 11.5 Å². The highest BCUT2D eigenvalue weighted by Gasteiger charge is 2.10. The number of ether oxygens (including phenoxy) is 1. The van der Waals surface area contributed by atoms with Crippen molar-refractivity contribution in [2.75, 3.05) is 7.11 Å². The average Bonchev–Trinajstić information content (AvgIpc) is 2.27. The van der Waals surface area contributed by atoms with Crippen LogP contribution in [0.2, 0.25) is 0 Å². The number of phenols is 1. The van der Waals surface area contributed by atoms with E-state index in [1.54, 1.807) is 6.07 Å². The molecule has 0 saturated heterocycles. The van der Waals surface area contributed by atoms with Crippen molar-refractivity contribution < 1.29 is 24.1 Å². The van der Waals surface area contributed by atoms with Crippen LogP contribution in [0.5, 0.6) is 11.5 Å². The summed E-state index contributed by atoms with van der Waals surface area (Å²) in [5.41, 5.74) is 0.722. The van der Waals surface area contributed by atoms with Crippen LogP contribution in [0.15, 0.2) is 16.6 Å². The van der Waals surface area contributed by atoms with E-state index in [-0.39, 0.29) is 12.2 Å². The summed E-state index contributed by atoms with van der Waals surface area (Å²) in [5, 5.41) is 9.43. The van der Waals surface area contributed by atoms with Gasteiger partial charge in [-0.25, -0.2) is 4.79 Å². The van der Waals surface area contributed by atoms with Gasteiger partial charge in [0.05, 0.1) is 13.5 Å². The number of carbonyl (C=O) groups is 1. The molecule has 0 aliphatic rings. The van der Waals surface area contributed by atoms with Gasteiger partial charge in [0.25, 0.3) is 0 Å². The van der Waals surface area contributed by atoms with E-state index < -0.39 is 5.97 Å². The average molecular weight is 293 g/mol. The smallest absolute Gasteiger partial charge is 0.349 e. The summed E-state index contributed by atoms with van der Waals surface area (Å²) in [6.45, 7) is 0. The molecule has 0 radical (unpaired) electrons. The number of halogens is 2. The molecule has 0 aromatic heterocycles. The maximum Gasteiger partial charge on any atom is 0.349 e. The number of benzene rings is 1. The van der Waals surface area contributed by atoms with Crippen molar-refractivity contribution in [3.05, 3.63) is 22.2 Å². The second kappa shape index (κ2) is 5.69. The fourth-order valence-corrected chi connectivity index (χ4v) is 1.74. The molecule has 1 aromatic rings. The lowest BCUT2D eigenvalue weighted by atomic mass is 10.1. The summed E-state index contributed by atoms with van der Waals surface area (Å²) in [5.74, 6) is -0.642. The molecule has 4 nitrogen and oxygen atoms in total. The standard InChI is InChI=1S/C10H10BrFO4/c1-15-9-4-6(2-3-10(14)16-12)7(11)5-8(9)13/h4-5,13H,2-3H2,1H3. The minimum Gasteiger partial charge on any atom is -0.504 e. The van der Waals surface area contributed by atoms with E-state index in [0.29, 0.717) is 16.6 Å². The first-order valence-corrected chi connectivity index (χ1v) is 5.24. The summed E-state index contributed by atoms with van der Waals surface area (Å²) in [4.78, 5) is 13.7. The highest BCUT2D eigenvalue weighted by Crippen LogP contribution is 2.32. The number of hydrogen-bond donors (Lipinski definition) is 1. The topological polar surface area (TPSA) is 55.8 Å². The maximum absolute atomic E-state index is 11.5. The molecule has 0 heterocycles. The highest BCUT2D eigenvalue weighted by atomic mass is 79.9. The van der Waals surface area contributed by atoms with Crippen molar-refractivity contribution in [1.82, 2.24) is 0 Å². The molecule has 0 aliphatic carbocycles. The van der Waals surface area contributed by atoms with E-state index in [1.807, 2.05) is 0 Å². The molecule has 1 rings (SSSR count). The van der Waals surface area contributed by atoms with Crippen molar-refractivity contribution in [2.24, 2.45) is 0 Å². The Morgan fingerprint density at radius 2 is 2.25 bits per heavy atom. The monoisotopic (exact) mass is 292 g/mol. The van der Waals surface area contributed by atoms with Crippen LogP contribution in [-0.2, 0) is 16.2 Å². The number of aryl methyl sites for hydroxylation is 1. The summed E-state index contributed by atoms with van der Waals surface area (Å²) in [6.07, 6.45) is 0.211. The van der Waals surface area contributed by atoms with Crippen molar-refractivity contribution in [1.29, 1.82) is 0 Å². The Morgan fingerprint density at radius 3 is 2.81 bits per heavy atom. The van der Waals surface area contributed by atoms with E-state index in [2.05, 4.69) is 20.9 Å². The summed E-state index contributed by atoms with van der Waals surface area (Å²) in [7, 11) is 1.42. The molecule has 0 atom stereocenters. The predicted octanol–water partition coefficient (Wildman–Crippen LogP) is 2.52. The molecule has 1 aromatic carbocycles. The van der Waals surface area contributed by atoms with Crippen molar-refractivity contribution in [2.45, 2.75) is 12.8 Å². The lowest BCUT2D eigenvalue weighted by Crippen LogP contribution is -2.00. The number of phenolic OH excluding ortho intramolecular Hbond substituents is 1. The second-order valence-corrected chi connectivity index (χ2v) is 3.92. The molecule has 16 heavy (non-hydrogen) atoms. The molecule has 0 spiro atoms. The molecule has 0 fully saturated rings. The Labute approximate surface area is 100 Å². The van der Waals surface area contributed by atoms with Crippen LogP contribution in [0.1, 0.15) is 12.0 Å². The van der Waals surface area contributed by atoms with Gasteiger partial charge in [-0.15, -0.1) is 0 Å². The Bertz CT molecular complexity index is 395. The van der Waals surface area contributed by atoms with Crippen LogP contribution in [0.3, 0.4) is 0 Å². The quantitative estimate of drug-likeness (QED) is 0.926. The number of carbonyl (C=O) groups excluding carboxylic acids is 1. The largest absolute Gasteiger partial charge is 0.504 e. The molecule has 0 aliphatic heterocycles. The van der Waals surface area contributed by atoms with Gasteiger partial charge in [0, 0.05) is 9.00 Å². The first-order chi connectivity index (χ1) is 7.58. The molecule has 88 valence electrons. The SMILES string of the molecule is COc1cc(CCC(=O)OF)c(Br)cc1O. The van der Waals surface area contributed by atoms with Crippen LogP contribution in [0.25, 0.3) is 0 Å². The molecule has 0 bridgehead atoms. The van der Waals surface area contributed by atoms with E-state index in [1.165, 1.54) is 13.2 Å². The number of aromatic hydroxyl groups is 1. The van der Waals surface area contributed by atoms with Crippen molar-refractivity contribution in [3.63, 3.8) is 0 Å². The van der Waals surface area contributed by atoms with Crippen LogP contribution >= 0.6 is 15.9 Å². The third-order valence-electron chi connectivity index (χ3n) is 2.03. The summed E-state index contributed by atoms with van der Waals surface area (Å²) >= 11 is 3.22. The number of hydrogen-bond acceptors (Lipinski definition) is 4. The maximum atomic E-state index is 11.5. The lowest BCUT2D eigenvalue weighted by Gasteiger charge is -2.08. The fourth-order valence-electron chi connectivity index (χ4n) is 1.22. The van der Waals surface area contributed by atoms with Gasteiger partial charge < -0.3 is 9.84 Å². The van der Waals surface area contributed by atoms with Crippen LogP contribution < -0.4 is 4.74 Å². The van der Waals surface area contributed by atoms with Crippen LogP contribution in [-0.4, -0.2) is 18.2 Å². The Hall–Kier alpha value is -1.30. The van der Waals surface area contributed by atoms with Crippen molar-refractivity contribution >= 4 is 21.9 Å². The third kappa shape index (κ3) is 3.10. The molecule has 0 unspecified atom stereocenters. The molecule has 0 amide bonds. The zero-order valence-corrected chi connectivity index (χ0v) is 10.1. The zero-order valence-electron chi connectivity index (χ0n) is 8.50. The number of rotatable bonds is 4. The van der Waals surface area contributed by atoms with Gasteiger partial charge in [0.1, 0.15) is 0 Å². The normalized spacial score (nSPS) is 9.94. The Morgan fingerprint density at radius 1 is 1.56 bits per heavy atom. The van der Waals surface area contributed by atoms with E-state index in [4.69, 9.17) is 4.74 Å². The first-order valence-electron chi connectivity index (χ1n) is 4.45. The van der Waals surface area contributed by atoms with E-state index >= 15 is 0 Å². The second-order valence-electron chi connectivity index (χ2n) is 3.06. The van der Waals surface area contributed by atoms with Gasteiger partial charge in [-0.3, -0.25) is 4.94 Å². The first kappa shape index (κ1) is 12.8. The van der Waals surface area contributed by atoms with Crippen LogP contribution in [0.4, 0.5) is 4.53 Å². The van der Waals surface area contributed by atoms with Gasteiger partial charge in [-0.05, 0) is 24.1 Å². The number of methoxy groups -OCH3 is 1. The molecule has 0 saturated carbocycles. The molecular formula is C10H10BrFO4. The molecule has 1 N–H and O–H groups in total. The van der Waals surface area contributed by atoms with Gasteiger partial charge in [0.2, 0.25) is 0 Å².